The smallest absolute Gasteiger partial charge is 0.306 e. The van der Waals surface area contributed by atoms with Gasteiger partial charge in [-0.1, -0.05) is 44.2 Å². The molecule has 9 nitrogen and oxygen atoms in total. The summed E-state index contributed by atoms with van der Waals surface area (Å²) in [6, 6.07) is 7.69. The number of aliphatic hydroxyl groups excluding tert-OH is 1. The number of benzene rings is 1. The summed E-state index contributed by atoms with van der Waals surface area (Å²) in [6.45, 7) is 5.56. The number of hydrogen-bond donors (Lipinski definition) is 4. The van der Waals surface area contributed by atoms with Crippen LogP contribution in [0.4, 0.5) is 0 Å². The fraction of sp³-hybridized carbons (Fsp3) is 0.625. The van der Waals surface area contributed by atoms with E-state index in [1.165, 1.54) is 0 Å². The SMILES string of the molecule is CC(C)CC(NC(=O)C(N)CCC(=O)OCc1ccccc1)C(=O)NCCCOCCCO. The van der Waals surface area contributed by atoms with Crippen LogP contribution in [0.3, 0.4) is 0 Å². The second-order valence-corrected chi connectivity index (χ2v) is 8.32. The molecular weight excluding hydrogens is 426 g/mol. The molecule has 0 spiro atoms. The van der Waals surface area contributed by atoms with E-state index in [9.17, 15) is 14.4 Å². The first kappa shape index (κ1) is 28.5. The van der Waals surface area contributed by atoms with Crippen molar-refractivity contribution in [3.8, 4) is 0 Å². The van der Waals surface area contributed by atoms with Crippen molar-refractivity contribution in [2.45, 2.75) is 64.6 Å². The van der Waals surface area contributed by atoms with Gasteiger partial charge in [0.25, 0.3) is 0 Å². The normalized spacial score (nSPS) is 12.8. The minimum atomic E-state index is -0.920. The van der Waals surface area contributed by atoms with E-state index in [-0.39, 0.29) is 37.9 Å². The van der Waals surface area contributed by atoms with Crippen LogP contribution in [0.25, 0.3) is 0 Å². The number of amides is 2. The number of nitrogens with two attached hydrogens (primary N) is 1. The molecule has 0 fully saturated rings. The highest BCUT2D eigenvalue weighted by molar-refractivity contribution is 5.89. The van der Waals surface area contributed by atoms with Gasteiger partial charge in [0.15, 0.2) is 0 Å². The van der Waals surface area contributed by atoms with Gasteiger partial charge in [-0.15, -0.1) is 0 Å². The number of carbonyl (C=O) groups excluding carboxylic acids is 3. The van der Waals surface area contributed by atoms with Gasteiger partial charge in [-0.05, 0) is 37.2 Å². The summed E-state index contributed by atoms with van der Waals surface area (Å²) >= 11 is 0. The molecule has 1 aromatic carbocycles. The van der Waals surface area contributed by atoms with E-state index in [1.54, 1.807) is 0 Å². The van der Waals surface area contributed by atoms with Crippen LogP contribution < -0.4 is 16.4 Å². The molecular formula is C24H39N3O6. The number of nitrogens with one attached hydrogen (secondary N) is 2. The van der Waals surface area contributed by atoms with Gasteiger partial charge in [-0.25, -0.2) is 0 Å². The molecule has 0 aliphatic heterocycles. The summed E-state index contributed by atoms with van der Waals surface area (Å²) in [5, 5.41) is 14.2. The van der Waals surface area contributed by atoms with Crippen molar-refractivity contribution in [3.05, 3.63) is 35.9 Å². The van der Waals surface area contributed by atoms with Crippen molar-refractivity contribution in [1.29, 1.82) is 0 Å². The maximum Gasteiger partial charge on any atom is 0.306 e. The van der Waals surface area contributed by atoms with E-state index in [0.717, 1.165) is 5.56 Å². The summed E-state index contributed by atoms with van der Waals surface area (Å²) in [7, 11) is 0. The third-order valence-corrected chi connectivity index (χ3v) is 4.79. The van der Waals surface area contributed by atoms with E-state index in [1.807, 2.05) is 44.2 Å². The third kappa shape index (κ3) is 13.6. The quantitative estimate of drug-likeness (QED) is 0.201. The number of aliphatic hydroxyl groups is 1. The van der Waals surface area contributed by atoms with Crippen molar-refractivity contribution in [2.75, 3.05) is 26.4 Å². The first-order valence-corrected chi connectivity index (χ1v) is 11.5. The molecule has 0 bridgehead atoms. The average Bonchev–Trinajstić information content (AvgIpc) is 2.80. The molecule has 9 heteroatoms. The van der Waals surface area contributed by atoms with Crippen LogP contribution >= 0.6 is 0 Å². The minimum absolute atomic E-state index is 0.0126. The van der Waals surface area contributed by atoms with Crippen molar-refractivity contribution in [2.24, 2.45) is 11.7 Å². The monoisotopic (exact) mass is 465 g/mol. The summed E-state index contributed by atoms with van der Waals surface area (Å²) < 4.78 is 10.5. The van der Waals surface area contributed by atoms with E-state index >= 15 is 0 Å². The fourth-order valence-corrected chi connectivity index (χ4v) is 2.97. The highest BCUT2D eigenvalue weighted by Crippen LogP contribution is 2.07. The van der Waals surface area contributed by atoms with Gasteiger partial charge >= 0.3 is 5.97 Å². The van der Waals surface area contributed by atoms with Gasteiger partial charge in [0.2, 0.25) is 11.8 Å². The molecule has 0 aromatic heterocycles. The van der Waals surface area contributed by atoms with Crippen LogP contribution in [0.5, 0.6) is 0 Å². The Bertz CT molecular complexity index is 699. The van der Waals surface area contributed by atoms with Crippen LogP contribution in [0, 0.1) is 5.92 Å². The molecule has 0 saturated carbocycles. The molecule has 0 saturated heterocycles. The number of esters is 1. The van der Waals surface area contributed by atoms with Gasteiger partial charge in [0, 0.05) is 32.8 Å². The van der Waals surface area contributed by atoms with E-state index in [4.69, 9.17) is 20.3 Å². The topological polar surface area (TPSA) is 140 Å². The van der Waals surface area contributed by atoms with Crippen LogP contribution in [0.15, 0.2) is 30.3 Å². The van der Waals surface area contributed by atoms with E-state index in [2.05, 4.69) is 10.6 Å². The van der Waals surface area contributed by atoms with Crippen molar-refractivity contribution >= 4 is 17.8 Å². The number of rotatable bonds is 17. The Kier molecular flexibility index (Phi) is 14.7. The Balaban J connectivity index is 2.38. The lowest BCUT2D eigenvalue weighted by atomic mass is 10.0. The van der Waals surface area contributed by atoms with Crippen LogP contribution in [-0.2, 0) is 30.5 Å². The molecule has 5 N–H and O–H groups in total. The molecule has 0 aliphatic carbocycles. The first-order chi connectivity index (χ1) is 15.8. The molecule has 2 unspecified atom stereocenters. The predicted molar refractivity (Wildman–Crippen MR) is 125 cm³/mol. The van der Waals surface area contributed by atoms with Crippen LogP contribution in [-0.4, -0.2) is 61.3 Å². The molecule has 0 heterocycles. The molecule has 0 radical (unpaired) electrons. The van der Waals surface area contributed by atoms with Crippen molar-refractivity contribution < 1.29 is 29.0 Å². The standard InChI is InChI=1S/C24H39N3O6/c1-18(2)16-21(24(31)26-12-6-14-32-15-7-13-28)27-23(30)20(25)10-11-22(29)33-17-19-8-4-3-5-9-19/h3-5,8-9,18,20-21,28H,6-7,10-17,25H2,1-2H3,(H,26,31)(H,27,30). The molecule has 0 aliphatic rings. The van der Waals surface area contributed by atoms with Crippen LogP contribution in [0.2, 0.25) is 0 Å². The van der Waals surface area contributed by atoms with Crippen LogP contribution in [0.1, 0.15) is 51.5 Å². The number of carbonyl (C=O) groups is 3. The van der Waals surface area contributed by atoms with Crippen molar-refractivity contribution in [3.63, 3.8) is 0 Å². The Morgan fingerprint density at radius 3 is 2.42 bits per heavy atom. The average molecular weight is 466 g/mol. The van der Waals surface area contributed by atoms with E-state index in [0.29, 0.717) is 39.0 Å². The molecule has 2 amide bonds. The Morgan fingerprint density at radius 2 is 1.76 bits per heavy atom. The molecule has 1 aromatic rings. The summed E-state index contributed by atoms with van der Waals surface area (Å²) in [5.41, 5.74) is 6.83. The molecule has 33 heavy (non-hydrogen) atoms. The maximum atomic E-state index is 12.5. The molecule has 186 valence electrons. The van der Waals surface area contributed by atoms with Gasteiger partial charge in [0.05, 0.1) is 6.04 Å². The molecule has 1 rings (SSSR count). The Morgan fingerprint density at radius 1 is 1.06 bits per heavy atom. The summed E-state index contributed by atoms with van der Waals surface area (Å²) in [4.78, 5) is 37.0. The Labute approximate surface area is 196 Å². The van der Waals surface area contributed by atoms with Gasteiger partial charge in [-0.3, -0.25) is 14.4 Å². The Hall–Kier alpha value is -2.49. The minimum Gasteiger partial charge on any atom is -0.461 e. The zero-order valence-electron chi connectivity index (χ0n) is 19.8. The second kappa shape index (κ2) is 17.0. The van der Waals surface area contributed by atoms with Gasteiger partial charge in [-0.2, -0.15) is 0 Å². The first-order valence-electron chi connectivity index (χ1n) is 11.5. The summed E-state index contributed by atoms with van der Waals surface area (Å²) in [6.07, 6.45) is 1.82. The van der Waals surface area contributed by atoms with Crippen molar-refractivity contribution in [1.82, 2.24) is 10.6 Å². The zero-order valence-corrected chi connectivity index (χ0v) is 19.8. The zero-order chi connectivity index (χ0) is 24.5. The second-order valence-electron chi connectivity index (χ2n) is 8.32. The lowest BCUT2D eigenvalue weighted by Gasteiger charge is -2.22. The largest absolute Gasteiger partial charge is 0.461 e. The highest BCUT2D eigenvalue weighted by atomic mass is 16.5. The third-order valence-electron chi connectivity index (χ3n) is 4.79. The highest BCUT2D eigenvalue weighted by Gasteiger charge is 2.24. The number of hydrogen-bond acceptors (Lipinski definition) is 7. The van der Waals surface area contributed by atoms with Gasteiger partial charge < -0.3 is 30.9 Å². The van der Waals surface area contributed by atoms with E-state index < -0.39 is 24.0 Å². The summed E-state index contributed by atoms with van der Waals surface area (Å²) in [5.74, 6) is -0.993. The lowest BCUT2D eigenvalue weighted by molar-refractivity contribution is -0.145. The predicted octanol–water partition coefficient (Wildman–Crippen LogP) is 1.27. The molecule has 2 atom stereocenters. The fourth-order valence-electron chi connectivity index (χ4n) is 2.97. The maximum absolute atomic E-state index is 12.5. The van der Waals surface area contributed by atoms with Gasteiger partial charge in [0.1, 0.15) is 12.6 Å². The lowest BCUT2D eigenvalue weighted by Crippen LogP contribution is -2.52. The number of ether oxygens (including phenoxy) is 2.